The van der Waals surface area contributed by atoms with E-state index in [-0.39, 0.29) is 5.56 Å². The zero-order chi connectivity index (χ0) is 13.1. The second-order valence-electron chi connectivity index (χ2n) is 3.45. The number of nitrogens with one attached hydrogen (secondary N) is 1. The van der Waals surface area contributed by atoms with E-state index in [0.717, 1.165) is 0 Å². The first-order valence-corrected chi connectivity index (χ1v) is 5.73. The number of carbonyl (C=O) groups is 1. The van der Waals surface area contributed by atoms with Crippen LogP contribution in [0, 0.1) is 0 Å². The first kappa shape index (κ1) is 12.7. The van der Waals surface area contributed by atoms with Crippen molar-refractivity contribution in [2.24, 2.45) is 0 Å². The Bertz CT molecular complexity index is 582. The molecule has 0 aliphatic heterocycles. The number of aromatic nitrogens is 1. The van der Waals surface area contributed by atoms with Gasteiger partial charge >= 0.3 is 5.97 Å². The molecule has 0 saturated carbocycles. The molecule has 1 aromatic carbocycles. The summed E-state index contributed by atoms with van der Waals surface area (Å²) < 4.78 is 0. The SMILES string of the molecule is O=C(O)c1ccncc1Nc1c(Cl)cccc1Cl. The van der Waals surface area contributed by atoms with Crippen LogP contribution in [0.25, 0.3) is 0 Å². The minimum Gasteiger partial charge on any atom is -0.478 e. The molecule has 18 heavy (non-hydrogen) atoms. The van der Waals surface area contributed by atoms with Gasteiger partial charge in [-0.05, 0) is 18.2 Å². The average Bonchev–Trinajstić information content (AvgIpc) is 2.34. The van der Waals surface area contributed by atoms with Gasteiger partial charge in [0.1, 0.15) is 0 Å². The normalized spacial score (nSPS) is 10.1. The first-order valence-electron chi connectivity index (χ1n) is 4.98. The molecule has 2 aromatic rings. The van der Waals surface area contributed by atoms with Gasteiger partial charge in [-0.15, -0.1) is 0 Å². The molecule has 0 aliphatic rings. The number of aromatic carboxylic acids is 1. The quantitative estimate of drug-likeness (QED) is 0.898. The number of rotatable bonds is 3. The largest absolute Gasteiger partial charge is 0.478 e. The third-order valence-corrected chi connectivity index (χ3v) is 2.90. The van der Waals surface area contributed by atoms with E-state index in [9.17, 15) is 4.79 Å². The Balaban J connectivity index is 2.43. The van der Waals surface area contributed by atoms with Gasteiger partial charge < -0.3 is 10.4 Å². The predicted molar refractivity (Wildman–Crippen MR) is 70.9 cm³/mol. The minimum atomic E-state index is -1.05. The van der Waals surface area contributed by atoms with Crippen LogP contribution < -0.4 is 5.32 Å². The summed E-state index contributed by atoms with van der Waals surface area (Å²) in [5, 5.41) is 12.7. The van der Waals surface area contributed by atoms with Crippen molar-refractivity contribution in [3.05, 3.63) is 52.3 Å². The molecular weight excluding hydrogens is 275 g/mol. The lowest BCUT2D eigenvalue weighted by molar-refractivity contribution is 0.0698. The molecule has 0 unspecified atom stereocenters. The van der Waals surface area contributed by atoms with Crippen molar-refractivity contribution in [1.82, 2.24) is 4.98 Å². The van der Waals surface area contributed by atoms with Crippen LogP contribution >= 0.6 is 23.2 Å². The number of benzene rings is 1. The number of halogens is 2. The first-order chi connectivity index (χ1) is 8.59. The fourth-order valence-corrected chi connectivity index (χ4v) is 1.92. The van der Waals surface area contributed by atoms with Crippen LogP contribution in [0.15, 0.2) is 36.7 Å². The summed E-state index contributed by atoms with van der Waals surface area (Å²) in [7, 11) is 0. The highest BCUT2D eigenvalue weighted by molar-refractivity contribution is 6.39. The van der Waals surface area contributed by atoms with E-state index in [1.165, 1.54) is 18.5 Å². The van der Waals surface area contributed by atoms with Crippen molar-refractivity contribution < 1.29 is 9.90 Å². The van der Waals surface area contributed by atoms with Crippen LogP contribution in [-0.2, 0) is 0 Å². The molecule has 92 valence electrons. The highest BCUT2D eigenvalue weighted by Crippen LogP contribution is 2.33. The Morgan fingerprint density at radius 2 is 1.89 bits per heavy atom. The van der Waals surface area contributed by atoms with Crippen LogP contribution in [0.1, 0.15) is 10.4 Å². The number of para-hydroxylation sites is 1. The van der Waals surface area contributed by atoms with Gasteiger partial charge in [0.15, 0.2) is 0 Å². The summed E-state index contributed by atoms with van der Waals surface area (Å²) in [6.07, 6.45) is 2.81. The monoisotopic (exact) mass is 282 g/mol. The van der Waals surface area contributed by atoms with E-state index >= 15 is 0 Å². The second kappa shape index (κ2) is 5.25. The fourth-order valence-electron chi connectivity index (χ4n) is 1.43. The van der Waals surface area contributed by atoms with Gasteiger partial charge in [-0.2, -0.15) is 0 Å². The molecule has 1 heterocycles. The van der Waals surface area contributed by atoms with E-state index in [2.05, 4.69) is 10.3 Å². The Morgan fingerprint density at radius 3 is 2.50 bits per heavy atom. The fraction of sp³-hybridized carbons (Fsp3) is 0. The zero-order valence-corrected chi connectivity index (χ0v) is 10.5. The van der Waals surface area contributed by atoms with Gasteiger partial charge in [-0.3, -0.25) is 4.98 Å². The van der Waals surface area contributed by atoms with Crippen LogP contribution in [-0.4, -0.2) is 16.1 Å². The summed E-state index contributed by atoms with van der Waals surface area (Å²) in [6.45, 7) is 0. The second-order valence-corrected chi connectivity index (χ2v) is 4.26. The Labute approximate surface area is 113 Å². The predicted octanol–water partition coefficient (Wildman–Crippen LogP) is 3.83. The van der Waals surface area contributed by atoms with Gasteiger partial charge in [-0.1, -0.05) is 29.3 Å². The zero-order valence-electron chi connectivity index (χ0n) is 9.02. The topological polar surface area (TPSA) is 62.2 Å². The molecule has 0 saturated heterocycles. The maximum atomic E-state index is 11.0. The summed E-state index contributed by atoms with van der Waals surface area (Å²) in [6, 6.07) is 6.42. The smallest absolute Gasteiger partial charge is 0.337 e. The van der Waals surface area contributed by atoms with Gasteiger partial charge in [0.05, 0.1) is 33.2 Å². The highest BCUT2D eigenvalue weighted by Gasteiger charge is 2.12. The molecular formula is C12H8Cl2N2O2. The summed E-state index contributed by atoms with van der Waals surface area (Å²) in [5.74, 6) is -1.05. The number of hydrogen-bond acceptors (Lipinski definition) is 3. The van der Waals surface area contributed by atoms with E-state index in [1.807, 2.05) is 0 Å². The molecule has 2 N–H and O–H groups in total. The minimum absolute atomic E-state index is 0.0981. The third kappa shape index (κ3) is 2.55. The maximum absolute atomic E-state index is 11.0. The highest BCUT2D eigenvalue weighted by atomic mass is 35.5. The van der Waals surface area contributed by atoms with Gasteiger partial charge in [0.2, 0.25) is 0 Å². The molecule has 6 heteroatoms. The van der Waals surface area contributed by atoms with Crippen molar-refractivity contribution in [3.8, 4) is 0 Å². The van der Waals surface area contributed by atoms with Gasteiger partial charge in [-0.25, -0.2) is 4.79 Å². The lowest BCUT2D eigenvalue weighted by Crippen LogP contribution is -2.03. The Kier molecular flexibility index (Phi) is 3.69. The lowest BCUT2D eigenvalue weighted by Gasteiger charge is -2.11. The number of nitrogens with zero attached hydrogens (tertiary/aromatic N) is 1. The van der Waals surface area contributed by atoms with Crippen LogP contribution in [0.3, 0.4) is 0 Å². The number of hydrogen-bond donors (Lipinski definition) is 2. The molecule has 0 amide bonds. The number of carboxylic acid groups (broad SMARTS) is 1. The Hall–Kier alpha value is -1.78. The summed E-state index contributed by atoms with van der Waals surface area (Å²) in [4.78, 5) is 14.9. The van der Waals surface area contributed by atoms with Crippen molar-refractivity contribution in [2.45, 2.75) is 0 Å². The molecule has 1 aromatic heterocycles. The van der Waals surface area contributed by atoms with Crippen molar-refractivity contribution >= 4 is 40.5 Å². The van der Waals surface area contributed by atoms with E-state index in [0.29, 0.717) is 21.4 Å². The van der Waals surface area contributed by atoms with E-state index in [1.54, 1.807) is 18.2 Å². The summed E-state index contributed by atoms with van der Waals surface area (Å²) in [5.41, 5.74) is 0.886. The molecule has 0 aliphatic carbocycles. The molecule has 0 fully saturated rings. The number of anilines is 2. The van der Waals surface area contributed by atoms with Crippen molar-refractivity contribution in [3.63, 3.8) is 0 Å². The van der Waals surface area contributed by atoms with Crippen LogP contribution in [0.4, 0.5) is 11.4 Å². The Morgan fingerprint density at radius 1 is 1.22 bits per heavy atom. The molecule has 4 nitrogen and oxygen atoms in total. The van der Waals surface area contributed by atoms with Gasteiger partial charge in [0, 0.05) is 6.20 Å². The van der Waals surface area contributed by atoms with E-state index in [4.69, 9.17) is 28.3 Å². The maximum Gasteiger partial charge on any atom is 0.337 e. The third-order valence-electron chi connectivity index (χ3n) is 2.27. The molecule has 0 radical (unpaired) electrons. The number of pyridine rings is 1. The molecule has 0 atom stereocenters. The van der Waals surface area contributed by atoms with Gasteiger partial charge in [0.25, 0.3) is 0 Å². The van der Waals surface area contributed by atoms with Crippen molar-refractivity contribution in [2.75, 3.05) is 5.32 Å². The van der Waals surface area contributed by atoms with E-state index < -0.39 is 5.97 Å². The van der Waals surface area contributed by atoms with Crippen LogP contribution in [0.5, 0.6) is 0 Å². The standard InChI is InChI=1S/C12H8Cl2N2O2/c13-8-2-1-3-9(14)11(8)16-10-6-15-5-4-7(10)12(17)18/h1-6,16H,(H,17,18). The van der Waals surface area contributed by atoms with Crippen LogP contribution in [0.2, 0.25) is 10.0 Å². The molecule has 2 rings (SSSR count). The number of carboxylic acids is 1. The summed E-state index contributed by atoms with van der Waals surface area (Å²) >= 11 is 12.0. The lowest BCUT2D eigenvalue weighted by atomic mass is 10.2. The molecule has 0 bridgehead atoms. The molecule has 0 spiro atoms. The van der Waals surface area contributed by atoms with Crippen molar-refractivity contribution in [1.29, 1.82) is 0 Å². The average molecular weight is 283 g/mol.